The summed E-state index contributed by atoms with van der Waals surface area (Å²) in [6.45, 7) is 3.75. The van der Waals surface area contributed by atoms with E-state index in [2.05, 4.69) is 19.2 Å². The summed E-state index contributed by atoms with van der Waals surface area (Å²) >= 11 is 0. The largest absolute Gasteiger partial charge is 0.452 e. The Morgan fingerprint density at radius 2 is 1.74 bits per heavy atom. The summed E-state index contributed by atoms with van der Waals surface area (Å²) < 4.78 is 4.88. The molecule has 2 aromatic carbocycles. The van der Waals surface area contributed by atoms with E-state index >= 15 is 0 Å². The van der Waals surface area contributed by atoms with Gasteiger partial charge in [0.2, 0.25) is 0 Å². The zero-order valence-corrected chi connectivity index (χ0v) is 15.0. The van der Waals surface area contributed by atoms with E-state index in [1.54, 1.807) is 6.08 Å². The highest BCUT2D eigenvalue weighted by Gasteiger charge is 2.08. The number of hydrogen-bond donors (Lipinski definition) is 1. The molecule has 0 radical (unpaired) electrons. The molecule has 27 heavy (non-hydrogen) atoms. The van der Waals surface area contributed by atoms with E-state index in [0.717, 1.165) is 5.56 Å². The van der Waals surface area contributed by atoms with Gasteiger partial charge in [-0.1, -0.05) is 38.1 Å². The first-order valence-corrected chi connectivity index (χ1v) is 8.34. The summed E-state index contributed by atoms with van der Waals surface area (Å²) in [6.07, 6.45) is 2.87. The van der Waals surface area contributed by atoms with Crippen LogP contribution in [0.15, 0.2) is 54.6 Å². The van der Waals surface area contributed by atoms with Crippen LogP contribution in [-0.2, 0) is 14.3 Å². The number of nitrogens with zero attached hydrogens (tertiary/aromatic N) is 1. The maximum Gasteiger partial charge on any atom is 0.331 e. The average Bonchev–Trinajstić information content (AvgIpc) is 2.65. The summed E-state index contributed by atoms with van der Waals surface area (Å²) in [5, 5.41) is 13.1. The van der Waals surface area contributed by atoms with Gasteiger partial charge in [-0.3, -0.25) is 14.9 Å². The molecule has 0 aromatic heterocycles. The Kier molecular flexibility index (Phi) is 6.82. The van der Waals surface area contributed by atoms with Crippen LogP contribution in [0.5, 0.6) is 0 Å². The van der Waals surface area contributed by atoms with E-state index in [9.17, 15) is 19.7 Å². The van der Waals surface area contributed by atoms with E-state index < -0.39 is 23.4 Å². The lowest BCUT2D eigenvalue weighted by molar-refractivity contribution is -0.384. The number of hydrogen-bond acceptors (Lipinski definition) is 5. The first kappa shape index (κ1) is 19.8. The molecular formula is C20H20N2O5. The molecule has 1 amide bonds. The van der Waals surface area contributed by atoms with Gasteiger partial charge in [-0.05, 0) is 35.3 Å². The number of nitrogens with one attached hydrogen (secondary N) is 1. The lowest BCUT2D eigenvalue weighted by atomic mass is 10.0. The second kappa shape index (κ2) is 9.28. The highest BCUT2D eigenvalue weighted by atomic mass is 16.6. The number of nitro benzene ring substituents is 1. The molecule has 0 fully saturated rings. The van der Waals surface area contributed by atoms with Crippen molar-refractivity contribution in [2.45, 2.75) is 19.8 Å². The van der Waals surface area contributed by atoms with Crippen LogP contribution in [0.4, 0.5) is 11.4 Å². The fourth-order valence-corrected chi connectivity index (χ4v) is 2.20. The van der Waals surface area contributed by atoms with Gasteiger partial charge in [-0.15, -0.1) is 0 Å². The molecule has 0 aliphatic carbocycles. The topological polar surface area (TPSA) is 98.5 Å². The number of non-ortho nitro benzene ring substituents is 1. The van der Waals surface area contributed by atoms with Crippen LogP contribution >= 0.6 is 0 Å². The third-order valence-electron chi connectivity index (χ3n) is 3.72. The first-order chi connectivity index (χ1) is 12.8. The molecule has 1 N–H and O–H groups in total. The fourth-order valence-electron chi connectivity index (χ4n) is 2.20. The van der Waals surface area contributed by atoms with Crippen LogP contribution < -0.4 is 5.32 Å². The van der Waals surface area contributed by atoms with Crippen LogP contribution in [0.2, 0.25) is 0 Å². The van der Waals surface area contributed by atoms with Gasteiger partial charge in [-0.25, -0.2) is 4.79 Å². The van der Waals surface area contributed by atoms with E-state index in [-0.39, 0.29) is 5.69 Å². The zero-order valence-electron chi connectivity index (χ0n) is 15.0. The fraction of sp³-hybridized carbons (Fsp3) is 0.200. The van der Waals surface area contributed by atoms with E-state index in [1.165, 1.54) is 35.9 Å². The Morgan fingerprint density at radius 3 is 2.30 bits per heavy atom. The Hall–Kier alpha value is -3.48. The maximum absolute atomic E-state index is 11.8. The number of rotatable bonds is 7. The summed E-state index contributed by atoms with van der Waals surface area (Å²) in [6, 6.07) is 13.1. The number of amides is 1. The minimum absolute atomic E-state index is 0.0778. The van der Waals surface area contributed by atoms with Crippen molar-refractivity contribution in [2.24, 2.45) is 0 Å². The van der Waals surface area contributed by atoms with E-state index in [1.807, 2.05) is 24.3 Å². The molecule has 140 valence electrons. The van der Waals surface area contributed by atoms with Crippen LogP contribution in [0.25, 0.3) is 6.08 Å². The molecule has 7 nitrogen and oxygen atoms in total. The van der Waals surface area contributed by atoms with Crippen LogP contribution in [0.1, 0.15) is 30.9 Å². The smallest absolute Gasteiger partial charge is 0.331 e. The summed E-state index contributed by atoms with van der Waals surface area (Å²) in [5.74, 6) is -0.740. The van der Waals surface area contributed by atoms with Crippen LogP contribution in [0, 0.1) is 10.1 Å². The van der Waals surface area contributed by atoms with Crippen molar-refractivity contribution in [3.05, 3.63) is 75.8 Å². The molecule has 7 heteroatoms. The van der Waals surface area contributed by atoms with Gasteiger partial charge in [0.05, 0.1) is 4.92 Å². The third kappa shape index (κ3) is 6.39. The molecule has 0 heterocycles. The Morgan fingerprint density at radius 1 is 1.11 bits per heavy atom. The van der Waals surface area contributed by atoms with E-state index in [4.69, 9.17) is 4.74 Å². The predicted octanol–water partition coefficient (Wildman–Crippen LogP) is 3.91. The number of esters is 1. The van der Waals surface area contributed by atoms with Gasteiger partial charge in [0.25, 0.3) is 11.6 Å². The Bertz CT molecular complexity index is 840. The van der Waals surface area contributed by atoms with Crippen molar-refractivity contribution in [3.8, 4) is 0 Å². The molecular weight excluding hydrogens is 348 g/mol. The standard InChI is InChI=1S/C20H20N2O5/c1-14(2)16-6-3-15(4-7-16)5-12-20(24)27-13-19(23)21-17-8-10-18(11-9-17)22(25)26/h3-12,14H,13H2,1-2H3,(H,21,23)/b12-5+. The van der Waals surface area contributed by atoms with Gasteiger partial charge in [0, 0.05) is 23.9 Å². The molecule has 2 aromatic rings. The zero-order chi connectivity index (χ0) is 19.8. The lowest BCUT2D eigenvalue weighted by Crippen LogP contribution is -2.20. The molecule has 0 saturated carbocycles. The number of benzene rings is 2. The van der Waals surface area contributed by atoms with Crippen molar-refractivity contribution < 1.29 is 19.2 Å². The summed E-state index contributed by atoms with van der Waals surface area (Å²) in [7, 11) is 0. The molecule has 0 spiro atoms. The second-order valence-electron chi connectivity index (χ2n) is 6.11. The minimum Gasteiger partial charge on any atom is -0.452 e. The molecule has 0 aliphatic rings. The van der Waals surface area contributed by atoms with Crippen LogP contribution in [-0.4, -0.2) is 23.4 Å². The van der Waals surface area contributed by atoms with Gasteiger partial charge in [0.15, 0.2) is 6.61 Å². The molecule has 0 saturated heterocycles. The average molecular weight is 368 g/mol. The monoisotopic (exact) mass is 368 g/mol. The maximum atomic E-state index is 11.8. The number of ether oxygens (including phenoxy) is 1. The van der Waals surface area contributed by atoms with Crippen molar-refractivity contribution in [1.29, 1.82) is 0 Å². The van der Waals surface area contributed by atoms with Crippen molar-refractivity contribution in [1.82, 2.24) is 0 Å². The SMILES string of the molecule is CC(C)c1ccc(/C=C/C(=O)OCC(=O)Nc2ccc([N+](=O)[O-])cc2)cc1. The third-order valence-corrected chi connectivity index (χ3v) is 3.72. The summed E-state index contributed by atoms with van der Waals surface area (Å²) in [5.41, 5.74) is 2.36. The van der Waals surface area contributed by atoms with Gasteiger partial charge in [-0.2, -0.15) is 0 Å². The highest BCUT2D eigenvalue weighted by Crippen LogP contribution is 2.16. The van der Waals surface area contributed by atoms with E-state index in [0.29, 0.717) is 11.6 Å². The van der Waals surface area contributed by atoms with Crippen LogP contribution in [0.3, 0.4) is 0 Å². The second-order valence-corrected chi connectivity index (χ2v) is 6.11. The molecule has 2 rings (SSSR count). The van der Waals surface area contributed by atoms with Gasteiger partial charge < -0.3 is 10.1 Å². The minimum atomic E-state index is -0.637. The van der Waals surface area contributed by atoms with Crippen molar-refractivity contribution in [3.63, 3.8) is 0 Å². The molecule has 0 atom stereocenters. The van der Waals surface area contributed by atoms with Crippen molar-refractivity contribution >= 4 is 29.3 Å². The highest BCUT2D eigenvalue weighted by molar-refractivity contribution is 5.94. The first-order valence-electron chi connectivity index (χ1n) is 8.34. The van der Waals surface area contributed by atoms with Gasteiger partial charge in [0.1, 0.15) is 0 Å². The lowest BCUT2D eigenvalue weighted by Gasteiger charge is -2.05. The number of carbonyl (C=O) groups excluding carboxylic acids is 2. The van der Waals surface area contributed by atoms with Gasteiger partial charge >= 0.3 is 5.97 Å². The molecule has 0 bridgehead atoms. The molecule has 0 unspecified atom stereocenters. The van der Waals surface area contributed by atoms with Crippen molar-refractivity contribution in [2.75, 3.05) is 11.9 Å². The number of nitro groups is 1. The normalized spacial score (nSPS) is 10.8. The molecule has 0 aliphatic heterocycles. The summed E-state index contributed by atoms with van der Waals surface area (Å²) in [4.78, 5) is 33.5. The Balaban J connectivity index is 1.80. The number of anilines is 1. The Labute approximate surface area is 156 Å². The quantitative estimate of drug-likeness (QED) is 0.346. The predicted molar refractivity (Wildman–Crippen MR) is 102 cm³/mol. The number of carbonyl (C=O) groups is 2.